The predicted octanol–water partition coefficient (Wildman–Crippen LogP) is -1.76. The van der Waals surface area contributed by atoms with Gasteiger partial charge in [0.25, 0.3) is 0 Å². The Morgan fingerprint density at radius 2 is 1.22 bits per heavy atom. The molecule has 9 aliphatic rings. The van der Waals surface area contributed by atoms with E-state index in [1.807, 2.05) is 6.92 Å². The summed E-state index contributed by atoms with van der Waals surface area (Å²) >= 11 is 0. The molecule has 1 spiro atoms. The number of aliphatic hydroxyl groups is 11. The van der Waals surface area contributed by atoms with Crippen molar-refractivity contribution in [3.63, 3.8) is 0 Å². The van der Waals surface area contributed by atoms with E-state index in [0.29, 0.717) is 43.1 Å². The Kier molecular flexibility index (Phi) is 13.5. The standard InChI is InChI=1S/C45H74O19/c1-17-16-57-45(39(56)29(17)48)18(2)28-25(64-45)13-24-22-7-6-20-12-21(8-10-43(20,4)23(22)9-11-44(24,28)5)59-42-38(63-40-34(53)32(51)30(49)19(3)58-40)36(55)37(27(15-47)61-42)62-41-35(54)33(52)31(50)26(14-46)60-41/h17-42,46-56H,6-16H2,1-5H3. The maximum atomic E-state index is 12.0. The van der Waals surface area contributed by atoms with Crippen molar-refractivity contribution in [3.05, 3.63) is 0 Å². The molecule has 29 atom stereocenters. The summed E-state index contributed by atoms with van der Waals surface area (Å²) in [5, 5.41) is 118. The zero-order chi connectivity index (χ0) is 45.9. The average Bonchev–Trinajstić information content (AvgIpc) is 3.74. The summed E-state index contributed by atoms with van der Waals surface area (Å²) in [6.07, 6.45) is -18.3. The van der Waals surface area contributed by atoms with Crippen LogP contribution >= 0.6 is 0 Å². The van der Waals surface area contributed by atoms with Crippen molar-refractivity contribution >= 4 is 0 Å². The minimum absolute atomic E-state index is 0.00130. The molecule has 29 unspecified atom stereocenters. The second-order valence-corrected chi connectivity index (χ2v) is 21.7. The van der Waals surface area contributed by atoms with Gasteiger partial charge in [-0.2, -0.15) is 0 Å². The molecular formula is C45H74O19. The Labute approximate surface area is 373 Å². The molecule has 0 aromatic rings. The Bertz CT molecular complexity index is 1630. The first-order chi connectivity index (χ1) is 30.3. The lowest BCUT2D eigenvalue weighted by Gasteiger charge is -2.61. The quantitative estimate of drug-likeness (QED) is 0.120. The first-order valence-electron chi connectivity index (χ1n) is 23.9. The van der Waals surface area contributed by atoms with E-state index in [1.165, 1.54) is 6.92 Å². The SMILES string of the molecule is CC1COC2(OC3CC4C5CCC6CC(OC7OC(CO)C(OC8OC(CO)C(O)C(O)C8O)C(O)C7OC7OC(C)C(O)C(O)C7O)CCC6(C)C5CCC4(C)C3C2C)C(O)C1O. The van der Waals surface area contributed by atoms with Crippen LogP contribution in [0, 0.1) is 52.3 Å². The molecule has 0 aromatic heterocycles. The largest absolute Gasteiger partial charge is 0.394 e. The molecule has 4 saturated carbocycles. The molecule has 0 radical (unpaired) electrons. The molecule has 19 heteroatoms. The summed E-state index contributed by atoms with van der Waals surface area (Å²) in [5.41, 5.74) is 0.0189. The molecule has 11 N–H and O–H groups in total. The number of rotatable bonds is 8. The molecule has 5 aliphatic heterocycles. The summed E-state index contributed by atoms with van der Waals surface area (Å²) in [5.74, 6) is 0.461. The van der Waals surface area contributed by atoms with Gasteiger partial charge in [-0.1, -0.05) is 27.7 Å². The molecule has 9 rings (SSSR count). The fraction of sp³-hybridized carbons (Fsp3) is 1.00. The second-order valence-electron chi connectivity index (χ2n) is 21.7. The van der Waals surface area contributed by atoms with Gasteiger partial charge in [0.2, 0.25) is 0 Å². The number of ether oxygens (including phenoxy) is 8. The fourth-order valence-electron chi connectivity index (χ4n) is 14.7. The highest BCUT2D eigenvalue weighted by Crippen LogP contribution is 2.71. The highest BCUT2D eigenvalue weighted by Gasteiger charge is 2.72. The molecule has 19 nitrogen and oxygen atoms in total. The first-order valence-corrected chi connectivity index (χ1v) is 23.9. The van der Waals surface area contributed by atoms with Gasteiger partial charge in [0.15, 0.2) is 24.7 Å². The zero-order valence-corrected chi connectivity index (χ0v) is 37.5. The van der Waals surface area contributed by atoms with Gasteiger partial charge in [0.1, 0.15) is 73.2 Å². The third kappa shape index (κ3) is 7.58. The summed E-state index contributed by atoms with van der Waals surface area (Å²) < 4.78 is 49.5. The first kappa shape index (κ1) is 48.3. The molecule has 4 aliphatic carbocycles. The van der Waals surface area contributed by atoms with Crippen LogP contribution in [0.2, 0.25) is 0 Å². The van der Waals surface area contributed by atoms with Gasteiger partial charge in [-0.15, -0.1) is 0 Å². The summed E-state index contributed by atoms with van der Waals surface area (Å²) in [7, 11) is 0. The van der Waals surface area contributed by atoms with Crippen molar-refractivity contribution in [2.45, 2.75) is 208 Å². The summed E-state index contributed by atoms with van der Waals surface area (Å²) in [6, 6.07) is 0. The van der Waals surface area contributed by atoms with Crippen molar-refractivity contribution < 1.29 is 94.1 Å². The van der Waals surface area contributed by atoms with Gasteiger partial charge >= 0.3 is 0 Å². The molecule has 5 heterocycles. The third-order valence-corrected chi connectivity index (χ3v) is 18.5. The minimum atomic E-state index is -1.83. The van der Waals surface area contributed by atoms with E-state index in [9.17, 15) is 56.2 Å². The van der Waals surface area contributed by atoms with Crippen LogP contribution in [-0.2, 0) is 37.9 Å². The van der Waals surface area contributed by atoms with E-state index in [1.54, 1.807) is 0 Å². The van der Waals surface area contributed by atoms with Gasteiger partial charge < -0.3 is 94.1 Å². The maximum Gasteiger partial charge on any atom is 0.200 e. The highest BCUT2D eigenvalue weighted by molar-refractivity contribution is 5.17. The molecule has 368 valence electrons. The average molecular weight is 919 g/mol. The van der Waals surface area contributed by atoms with E-state index in [-0.39, 0.29) is 40.8 Å². The molecule has 0 amide bonds. The Morgan fingerprint density at radius 3 is 1.92 bits per heavy atom. The van der Waals surface area contributed by atoms with Crippen LogP contribution in [0.3, 0.4) is 0 Å². The topological polar surface area (TPSA) is 296 Å². The maximum absolute atomic E-state index is 12.0. The molecule has 5 saturated heterocycles. The van der Waals surface area contributed by atoms with Crippen LogP contribution in [0.1, 0.15) is 86.0 Å². The Morgan fingerprint density at radius 1 is 0.578 bits per heavy atom. The van der Waals surface area contributed by atoms with E-state index >= 15 is 0 Å². The Hall–Kier alpha value is -0.760. The van der Waals surface area contributed by atoms with Crippen LogP contribution in [0.5, 0.6) is 0 Å². The fourth-order valence-corrected chi connectivity index (χ4v) is 14.7. The Balaban J connectivity index is 0.900. The van der Waals surface area contributed by atoms with Crippen LogP contribution in [0.15, 0.2) is 0 Å². The monoisotopic (exact) mass is 918 g/mol. The van der Waals surface area contributed by atoms with E-state index < -0.39 is 123 Å². The zero-order valence-electron chi connectivity index (χ0n) is 37.5. The minimum Gasteiger partial charge on any atom is -0.394 e. The molecule has 0 bridgehead atoms. The van der Waals surface area contributed by atoms with Crippen molar-refractivity contribution in [1.82, 2.24) is 0 Å². The van der Waals surface area contributed by atoms with Crippen molar-refractivity contribution in [3.8, 4) is 0 Å². The lowest BCUT2D eigenvalue weighted by atomic mass is 9.44. The van der Waals surface area contributed by atoms with Crippen LogP contribution < -0.4 is 0 Å². The molecule has 9 fully saturated rings. The molecular weight excluding hydrogens is 844 g/mol. The van der Waals surface area contributed by atoms with E-state index in [2.05, 4.69) is 20.8 Å². The lowest BCUT2D eigenvalue weighted by Crippen LogP contribution is -2.67. The number of fused-ring (bicyclic) bond motifs is 7. The smallest absolute Gasteiger partial charge is 0.200 e. The highest BCUT2D eigenvalue weighted by atomic mass is 16.8. The number of hydrogen-bond donors (Lipinski definition) is 11. The van der Waals surface area contributed by atoms with E-state index in [0.717, 1.165) is 38.5 Å². The van der Waals surface area contributed by atoms with Crippen molar-refractivity contribution in [2.75, 3.05) is 19.8 Å². The molecule has 0 aromatic carbocycles. The number of hydrogen-bond acceptors (Lipinski definition) is 19. The summed E-state index contributed by atoms with van der Waals surface area (Å²) in [6.45, 7) is 9.25. The number of aliphatic hydroxyl groups excluding tert-OH is 11. The van der Waals surface area contributed by atoms with E-state index in [4.69, 9.17) is 37.9 Å². The van der Waals surface area contributed by atoms with Gasteiger partial charge in [0, 0.05) is 11.8 Å². The molecule has 64 heavy (non-hydrogen) atoms. The predicted molar refractivity (Wildman–Crippen MR) is 217 cm³/mol. The normalized spacial score (nSPS) is 59.8. The van der Waals surface area contributed by atoms with Gasteiger partial charge in [0.05, 0.1) is 44.2 Å². The van der Waals surface area contributed by atoms with Crippen molar-refractivity contribution in [1.29, 1.82) is 0 Å². The van der Waals surface area contributed by atoms with Gasteiger partial charge in [-0.3, -0.25) is 0 Å². The lowest BCUT2D eigenvalue weighted by molar-refractivity contribution is -0.390. The van der Waals surface area contributed by atoms with Crippen molar-refractivity contribution in [2.24, 2.45) is 52.3 Å². The van der Waals surface area contributed by atoms with Gasteiger partial charge in [-0.05, 0) is 98.7 Å². The third-order valence-electron chi connectivity index (χ3n) is 18.5. The summed E-state index contributed by atoms with van der Waals surface area (Å²) in [4.78, 5) is 0. The van der Waals surface area contributed by atoms with Gasteiger partial charge in [-0.25, -0.2) is 0 Å². The van der Waals surface area contributed by atoms with Crippen LogP contribution in [0.4, 0.5) is 0 Å². The van der Waals surface area contributed by atoms with Crippen LogP contribution in [0.25, 0.3) is 0 Å². The second kappa shape index (κ2) is 17.9. The van der Waals surface area contributed by atoms with Crippen LogP contribution in [-0.4, -0.2) is 198 Å².